The number of carbonyl (C=O) groups is 2. The Hall–Kier alpha value is -2.11. The van der Waals surface area contributed by atoms with Gasteiger partial charge in [0.2, 0.25) is 0 Å². The SMILES string of the molecule is CC(=O)O.CC(C)(C)OC(=O)Nc1ccccn1. The van der Waals surface area contributed by atoms with E-state index in [1.54, 1.807) is 24.4 Å². The zero-order valence-corrected chi connectivity index (χ0v) is 10.9. The molecule has 100 valence electrons. The summed E-state index contributed by atoms with van der Waals surface area (Å²) in [6.07, 6.45) is 1.11. The van der Waals surface area contributed by atoms with E-state index < -0.39 is 17.7 Å². The van der Waals surface area contributed by atoms with Gasteiger partial charge in [-0.05, 0) is 32.9 Å². The first-order valence-corrected chi connectivity index (χ1v) is 5.31. The third-order valence-corrected chi connectivity index (χ3v) is 1.29. The van der Waals surface area contributed by atoms with E-state index in [0.717, 1.165) is 6.92 Å². The second-order valence-electron chi connectivity index (χ2n) is 4.36. The number of aliphatic carboxylic acids is 1. The number of hydrogen-bond acceptors (Lipinski definition) is 4. The van der Waals surface area contributed by atoms with E-state index in [9.17, 15) is 4.79 Å². The summed E-state index contributed by atoms with van der Waals surface area (Å²) in [5.41, 5.74) is -0.487. The Morgan fingerprint density at radius 1 is 1.33 bits per heavy atom. The van der Waals surface area contributed by atoms with Crippen LogP contribution < -0.4 is 5.32 Å². The minimum absolute atomic E-state index is 0.487. The van der Waals surface area contributed by atoms with Crippen molar-refractivity contribution in [3.05, 3.63) is 24.4 Å². The van der Waals surface area contributed by atoms with Crippen LogP contribution in [0.25, 0.3) is 0 Å². The maximum atomic E-state index is 11.3. The Bertz CT molecular complexity index is 381. The summed E-state index contributed by atoms with van der Waals surface area (Å²) in [6, 6.07) is 5.27. The van der Waals surface area contributed by atoms with E-state index >= 15 is 0 Å². The molecule has 0 radical (unpaired) electrons. The Balaban J connectivity index is 0.000000631. The van der Waals surface area contributed by atoms with Crippen molar-refractivity contribution in [1.29, 1.82) is 0 Å². The third-order valence-electron chi connectivity index (χ3n) is 1.29. The molecule has 1 aromatic heterocycles. The van der Waals surface area contributed by atoms with Crippen LogP contribution in [-0.2, 0) is 9.53 Å². The average molecular weight is 254 g/mol. The highest BCUT2D eigenvalue weighted by Crippen LogP contribution is 2.09. The van der Waals surface area contributed by atoms with Crippen molar-refractivity contribution >= 4 is 17.9 Å². The Kier molecular flexibility index (Phi) is 6.41. The summed E-state index contributed by atoms with van der Waals surface area (Å²) in [7, 11) is 0. The summed E-state index contributed by atoms with van der Waals surface area (Å²) in [5.74, 6) is -0.346. The number of nitrogens with zero attached hydrogens (tertiary/aromatic N) is 1. The largest absolute Gasteiger partial charge is 0.481 e. The number of amides is 1. The van der Waals surface area contributed by atoms with Crippen molar-refractivity contribution in [2.45, 2.75) is 33.3 Å². The van der Waals surface area contributed by atoms with Gasteiger partial charge in [0, 0.05) is 13.1 Å². The van der Waals surface area contributed by atoms with E-state index in [4.69, 9.17) is 14.6 Å². The first kappa shape index (κ1) is 15.9. The molecule has 1 amide bonds. The van der Waals surface area contributed by atoms with Gasteiger partial charge in [-0.3, -0.25) is 10.1 Å². The maximum Gasteiger partial charge on any atom is 0.413 e. The molecule has 0 aliphatic heterocycles. The van der Waals surface area contributed by atoms with Gasteiger partial charge in [-0.25, -0.2) is 9.78 Å². The monoisotopic (exact) mass is 254 g/mol. The number of carbonyl (C=O) groups excluding carboxylic acids is 1. The lowest BCUT2D eigenvalue weighted by Gasteiger charge is -2.19. The Labute approximate surface area is 106 Å². The maximum absolute atomic E-state index is 11.3. The fourth-order valence-electron chi connectivity index (χ4n) is 0.845. The smallest absolute Gasteiger partial charge is 0.413 e. The molecule has 0 unspecified atom stereocenters. The third kappa shape index (κ3) is 10.4. The van der Waals surface area contributed by atoms with Crippen molar-refractivity contribution in [2.24, 2.45) is 0 Å². The van der Waals surface area contributed by atoms with Crippen LogP contribution in [0, 0.1) is 0 Å². The molecule has 0 bridgehead atoms. The van der Waals surface area contributed by atoms with Gasteiger partial charge in [-0.15, -0.1) is 0 Å². The number of hydrogen-bond donors (Lipinski definition) is 2. The molecule has 2 N–H and O–H groups in total. The van der Waals surface area contributed by atoms with Crippen LogP contribution in [0.3, 0.4) is 0 Å². The highest BCUT2D eigenvalue weighted by atomic mass is 16.6. The zero-order valence-electron chi connectivity index (χ0n) is 10.9. The Morgan fingerprint density at radius 2 is 1.89 bits per heavy atom. The summed E-state index contributed by atoms with van der Waals surface area (Å²) in [6.45, 7) is 6.51. The van der Waals surface area contributed by atoms with Crippen LogP contribution in [0.1, 0.15) is 27.7 Å². The standard InChI is InChI=1S/C10H14N2O2.C2H4O2/c1-10(2,3)14-9(13)12-8-6-4-5-7-11-8;1-2(3)4/h4-7H,1-3H3,(H,11,12,13);1H3,(H,3,4). The van der Waals surface area contributed by atoms with E-state index in [-0.39, 0.29) is 0 Å². The normalized spacial score (nSPS) is 9.78. The molecule has 0 saturated heterocycles. The van der Waals surface area contributed by atoms with Crippen molar-refractivity contribution in [3.8, 4) is 0 Å². The molecule has 6 nitrogen and oxygen atoms in total. The first-order valence-electron chi connectivity index (χ1n) is 5.31. The van der Waals surface area contributed by atoms with E-state index in [1.165, 1.54) is 0 Å². The van der Waals surface area contributed by atoms with E-state index in [2.05, 4.69) is 10.3 Å². The second kappa shape index (κ2) is 7.26. The van der Waals surface area contributed by atoms with Crippen molar-refractivity contribution in [1.82, 2.24) is 4.98 Å². The molecule has 0 saturated carbocycles. The van der Waals surface area contributed by atoms with Crippen LogP contribution in [0.5, 0.6) is 0 Å². The molecule has 0 atom stereocenters. The summed E-state index contributed by atoms with van der Waals surface area (Å²) in [4.78, 5) is 24.2. The van der Waals surface area contributed by atoms with Gasteiger partial charge in [0.1, 0.15) is 11.4 Å². The van der Waals surface area contributed by atoms with Gasteiger partial charge in [0.15, 0.2) is 0 Å². The van der Waals surface area contributed by atoms with E-state index in [0.29, 0.717) is 5.82 Å². The molecule has 1 rings (SSSR count). The molecule has 1 heterocycles. The molecular formula is C12H18N2O4. The fraction of sp³-hybridized carbons (Fsp3) is 0.417. The zero-order chi connectivity index (χ0) is 14.2. The summed E-state index contributed by atoms with van der Waals surface area (Å²) >= 11 is 0. The number of aromatic nitrogens is 1. The number of pyridine rings is 1. The van der Waals surface area contributed by atoms with Crippen molar-refractivity contribution in [3.63, 3.8) is 0 Å². The quantitative estimate of drug-likeness (QED) is 0.803. The van der Waals surface area contributed by atoms with Crippen LogP contribution in [0.2, 0.25) is 0 Å². The highest BCUT2D eigenvalue weighted by Gasteiger charge is 2.16. The van der Waals surface area contributed by atoms with Gasteiger partial charge < -0.3 is 9.84 Å². The predicted molar refractivity (Wildman–Crippen MR) is 67.4 cm³/mol. The molecule has 0 aliphatic rings. The van der Waals surface area contributed by atoms with Crippen LogP contribution in [-0.4, -0.2) is 27.8 Å². The van der Waals surface area contributed by atoms with Crippen molar-refractivity contribution < 1.29 is 19.4 Å². The van der Waals surface area contributed by atoms with Crippen LogP contribution in [0.15, 0.2) is 24.4 Å². The molecule has 0 fully saturated rings. The van der Waals surface area contributed by atoms with E-state index in [1.807, 2.05) is 20.8 Å². The number of anilines is 1. The molecule has 6 heteroatoms. The molecule has 0 aliphatic carbocycles. The second-order valence-corrected chi connectivity index (χ2v) is 4.36. The van der Waals surface area contributed by atoms with Crippen LogP contribution >= 0.6 is 0 Å². The van der Waals surface area contributed by atoms with Gasteiger partial charge in [-0.2, -0.15) is 0 Å². The molecule has 1 aromatic rings. The fourth-order valence-corrected chi connectivity index (χ4v) is 0.845. The number of ether oxygens (including phenoxy) is 1. The molecule has 0 aromatic carbocycles. The van der Waals surface area contributed by atoms with Gasteiger partial charge >= 0.3 is 6.09 Å². The lowest BCUT2D eigenvalue weighted by molar-refractivity contribution is -0.134. The lowest BCUT2D eigenvalue weighted by Crippen LogP contribution is -2.27. The Morgan fingerprint density at radius 3 is 2.28 bits per heavy atom. The molecular weight excluding hydrogens is 236 g/mol. The minimum atomic E-state index is -0.833. The first-order chi connectivity index (χ1) is 8.20. The predicted octanol–water partition coefficient (Wildman–Crippen LogP) is 2.52. The lowest BCUT2D eigenvalue weighted by atomic mass is 10.2. The van der Waals surface area contributed by atoms with Crippen molar-refractivity contribution in [2.75, 3.05) is 5.32 Å². The number of nitrogens with one attached hydrogen (secondary N) is 1. The number of carboxylic acid groups (broad SMARTS) is 1. The van der Waals surface area contributed by atoms with Gasteiger partial charge in [0.25, 0.3) is 5.97 Å². The number of rotatable bonds is 1. The molecule has 18 heavy (non-hydrogen) atoms. The van der Waals surface area contributed by atoms with Gasteiger partial charge in [-0.1, -0.05) is 6.07 Å². The minimum Gasteiger partial charge on any atom is -0.481 e. The summed E-state index contributed by atoms with van der Waals surface area (Å²) in [5, 5.41) is 9.94. The average Bonchev–Trinajstić information content (AvgIpc) is 2.14. The van der Waals surface area contributed by atoms with Crippen LogP contribution in [0.4, 0.5) is 10.6 Å². The summed E-state index contributed by atoms with van der Waals surface area (Å²) < 4.78 is 5.05. The topological polar surface area (TPSA) is 88.5 Å². The molecule has 0 spiro atoms. The highest BCUT2D eigenvalue weighted by molar-refractivity contribution is 5.83. The number of carboxylic acids is 1. The van der Waals surface area contributed by atoms with Gasteiger partial charge in [0.05, 0.1) is 0 Å².